The Labute approximate surface area is 94.0 Å². The molecule has 1 aliphatic heterocycles. The molecule has 1 saturated heterocycles. The van der Waals surface area contributed by atoms with Crippen LogP contribution in [0.25, 0.3) is 0 Å². The van der Waals surface area contributed by atoms with Crippen LogP contribution >= 0.6 is 0 Å². The van der Waals surface area contributed by atoms with E-state index >= 15 is 0 Å². The second-order valence-electron chi connectivity index (χ2n) is 4.03. The van der Waals surface area contributed by atoms with Gasteiger partial charge in [-0.25, -0.2) is 0 Å². The highest BCUT2D eigenvalue weighted by molar-refractivity contribution is 5.79. The van der Waals surface area contributed by atoms with Crippen molar-refractivity contribution in [2.75, 3.05) is 19.6 Å². The average Bonchev–Trinajstić information content (AvgIpc) is 2.24. The number of nitrogens with one attached hydrogen (secondary N) is 2. The molecule has 0 aromatic heterocycles. The van der Waals surface area contributed by atoms with Crippen LogP contribution in [0.4, 0.5) is 0 Å². The van der Waals surface area contributed by atoms with E-state index in [1.54, 1.807) is 0 Å². The predicted molar refractivity (Wildman–Crippen MR) is 56.9 cm³/mol. The van der Waals surface area contributed by atoms with Gasteiger partial charge in [0, 0.05) is 26.1 Å². The molecule has 1 rings (SSSR count). The van der Waals surface area contributed by atoms with Crippen molar-refractivity contribution in [2.45, 2.75) is 25.4 Å². The van der Waals surface area contributed by atoms with Crippen molar-refractivity contribution in [3.05, 3.63) is 0 Å². The number of amides is 1. The molecule has 6 heteroatoms. The fourth-order valence-corrected chi connectivity index (χ4v) is 1.71. The third kappa shape index (κ3) is 4.59. The molecule has 16 heavy (non-hydrogen) atoms. The fourth-order valence-electron chi connectivity index (χ4n) is 1.71. The van der Waals surface area contributed by atoms with E-state index in [0.717, 1.165) is 0 Å². The van der Waals surface area contributed by atoms with Crippen molar-refractivity contribution in [3.8, 4) is 0 Å². The molecule has 2 unspecified atom stereocenters. The number of hydrogen-bond donors (Lipinski definition) is 4. The minimum absolute atomic E-state index is 0.0613. The van der Waals surface area contributed by atoms with Crippen molar-refractivity contribution < 1.29 is 19.8 Å². The molecule has 0 bridgehead atoms. The Morgan fingerprint density at radius 1 is 1.38 bits per heavy atom. The van der Waals surface area contributed by atoms with Crippen LogP contribution in [0.5, 0.6) is 0 Å². The highest BCUT2D eigenvalue weighted by atomic mass is 16.4. The SMILES string of the molecule is O=C(O)CCCNC(=O)C1CNCC(O)C1. The summed E-state index contributed by atoms with van der Waals surface area (Å²) in [4.78, 5) is 21.8. The van der Waals surface area contributed by atoms with Gasteiger partial charge in [0.05, 0.1) is 12.0 Å². The molecule has 1 heterocycles. The lowest BCUT2D eigenvalue weighted by atomic mass is 9.97. The zero-order valence-electron chi connectivity index (χ0n) is 9.11. The van der Waals surface area contributed by atoms with Gasteiger partial charge in [-0.15, -0.1) is 0 Å². The van der Waals surface area contributed by atoms with Gasteiger partial charge in [0.1, 0.15) is 0 Å². The number of carboxylic acid groups (broad SMARTS) is 1. The molecule has 0 aliphatic carbocycles. The average molecular weight is 230 g/mol. The number of rotatable bonds is 5. The summed E-state index contributed by atoms with van der Waals surface area (Å²) in [5.41, 5.74) is 0. The van der Waals surface area contributed by atoms with Crippen molar-refractivity contribution in [1.29, 1.82) is 0 Å². The monoisotopic (exact) mass is 230 g/mol. The number of carboxylic acids is 1. The van der Waals surface area contributed by atoms with Gasteiger partial charge in [0.2, 0.25) is 5.91 Å². The van der Waals surface area contributed by atoms with Crippen molar-refractivity contribution in [3.63, 3.8) is 0 Å². The molecule has 1 aliphatic rings. The lowest BCUT2D eigenvalue weighted by Crippen LogP contribution is -2.46. The maximum absolute atomic E-state index is 11.6. The lowest BCUT2D eigenvalue weighted by molar-refractivity contribution is -0.137. The minimum atomic E-state index is -0.857. The van der Waals surface area contributed by atoms with E-state index < -0.39 is 12.1 Å². The number of carbonyl (C=O) groups is 2. The first-order valence-corrected chi connectivity index (χ1v) is 5.48. The first-order valence-electron chi connectivity index (χ1n) is 5.48. The van der Waals surface area contributed by atoms with E-state index in [1.807, 2.05) is 0 Å². The second kappa shape index (κ2) is 6.44. The van der Waals surface area contributed by atoms with E-state index in [0.29, 0.717) is 32.5 Å². The highest BCUT2D eigenvalue weighted by Gasteiger charge is 2.25. The number of piperidine rings is 1. The van der Waals surface area contributed by atoms with Crippen LogP contribution in [0, 0.1) is 5.92 Å². The number of hydrogen-bond acceptors (Lipinski definition) is 4. The van der Waals surface area contributed by atoms with E-state index in [1.165, 1.54) is 0 Å². The van der Waals surface area contributed by atoms with Gasteiger partial charge in [-0.05, 0) is 12.8 Å². The molecule has 0 aromatic rings. The van der Waals surface area contributed by atoms with Gasteiger partial charge in [-0.1, -0.05) is 0 Å². The third-order valence-electron chi connectivity index (χ3n) is 2.56. The lowest BCUT2D eigenvalue weighted by Gasteiger charge is -2.25. The van der Waals surface area contributed by atoms with Gasteiger partial charge in [-0.3, -0.25) is 9.59 Å². The second-order valence-corrected chi connectivity index (χ2v) is 4.03. The molecule has 6 nitrogen and oxygen atoms in total. The first kappa shape index (κ1) is 12.9. The summed E-state index contributed by atoms with van der Waals surface area (Å²) in [6.07, 6.45) is 0.497. The molecular formula is C10H18N2O4. The Morgan fingerprint density at radius 3 is 2.75 bits per heavy atom. The molecule has 0 spiro atoms. The van der Waals surface area contributed by atoms with E-state index in [4.69, 9.17) is 5.11 Å². The van der Waals surface area contributed by atoms with Gasteiger partial charge in [0.25, 0.3) is 0 Å². The number of aliphatic carboxylic acids is 1. The highest BCUT2D eigenvalue weighted by Crippen LogP contribution is 2.10. The molecule has 0 radical (unpaired) electrons. The van der Waals surface area contributed by atoms with Crippen LogP contribution < -0.4 is 10.6 Å². The topological polar surface area (TPSA) is 98.7 Å². The van der Waals surface area contributed by atoms with Gasteiger partial charge >= 0.3 is 5.97 Å². The van der Waals surface area contributed by atoms with Crippen LogP contribution in [-0.2, 0) is 9.59 Å². The predicted octanol–water partition coefficient (Wildman–Crippen LogP) is -1.06. The maximum Gasteiger partial charge on any atom is 0.303 e. The molecular weight excluding hydrogens is 212 g/mol. The Morgan fingerprint density at radius 2 is 2.12 bits per heavy atom. The summed E-state index contributed by atoms with van der Waals surface area (Å²) in [5.74, 6) is -1.19. The maximum atomic E-state index is 11.6. The summed E-state index contributed by atoms with van der Waals surface area (Å²) in [5, 5.41) is 23.4. The molecule has 2 atom stereocenters. The Hall–Kier alpha value is -1.14. The number of carbonyl (C=O) groups excluding carboxylic acids is 1. The Balaban J connectivity index is 2.16. The van der Waals surface area contributed by atoms with Crippen LogP contribution in [0.3, 0.4) is 0 Å². The molecule has 0 saturated carbocycles. The number of aliphatic hydroxyl groups excluding tert-OH is 1. The van der Waals surface area contributed by atoms with Gasteiger partial charge in [0.15, 0.2) is 0 Å². The van der Waals surface area contributed by atoms with Crippen molar-refractivity contribution in [1.82, 2.24) is 10.6 Å². The minimum Gasteiger partial charge on any atom is -0.481 e. The normalized spacial score (nSPS) is 25.1. The first-order chi connectivity index (χ1) is 7.59. The largest absolute Gasteiger partial charge is 0.481 e. The Bertz CT molecular complexity index is 257. The summed E-state index contributed by atoms with van der Waals surface area (Å²) in [6, 6.07) is 0. The molecule has 4 N–H and O–H groups in total. The van der Waals surface area contributed by atoms with Crippen molar-refractivity contribution in [2.24, 2.45) is 5.92 Å². The van der Waals surface area contributed by atoms with Crippen LogP contribution in [-0.4, -0.2) is 47.8 Å². The fraction of sp³-hybridized carbons (Fsp3) is 0.800. The van der Waals surface area contributed by atoms with Gasteiger partial charge in [-0.2, -0.15) is 0 Å². The smallest absolute Gasteiger partial charge is 0.303 e. The van der Waals surface area contributed by atoms with Gasteiger partial charge < -0.3 is 20.8 Å². The number of β-amino-alcohol motifs (C(OH)–C–C–N with tert-alkyl or cyclic N) is 1. The van der Waals surface area contributed by atoms with Crippen LogP contribution in [0.15, 0.2) is 0 Å². The molecule has 1 amide bonds. The summed E-state index contributed by atoms with van der Waals surface area (Å²) in [6.45, 7) is 1.47. The summed E-state index contributed by atoms with van der Waals surface area (Å²) in [7, 11) is 0. The molecule has 92 valence electrons. The van der Waals surface area contributed by atoms with E-state index in [-0.39, 0.29) is 18.2 Å². The standard InChI is InChI=1S/C10H18N2O4/c13-8-4-7(5-11-6-8)10(16)12-3-1-2-9(14)15/h7-8,11,13H,1-6H2,(H,12,16)(H,14,15). The van der Waals surface area contributed by atoms with Crippen molar-refractivity contribution >= 4 is 11.9 Å². The van der Waals surface area contributed by atoms with Crippen LogP contribution in [0.1, 0.15) is 19.3 Å². The van der Waals surface area contributed by atoms with E-state index in [9.17, 15) is 14.7 Å². The quantitative estimate of drug-likeness (QED) is 0.451. The summed E-state index contributed by atoms with van der Waals surface area (Å²) < 4.78 is 0. The zero-order valence-corrected chi connectivity index (χ0v) is 9.11. The molecule has 1 fully saturated rings. The third-order valence-corrected chi connectivity index (χ3v) is 2.56. The number of aliphatic hydroxyl groups is 1. The zero-order chi connectivity index (χ0) is 12.0. The van der Waals surface area contributed by atoms with Crippen LogP contribution in [0.2, 0.25) is 0 Å². The summed E-state index contributed by atoms with van der Waals surface area (Å²) >= 11 is 0. The molecule has 0 aromatic carbocycles. The van der Waals surface area contributed by atoms with E-state index in [2.05, 4.69) is 10.6 Å². The Kier molecular flexibility index (Phi) is 5.21.